The molecule has 0 saturated heterocycles. The Balaban J connectivity index is 2.34. The molecule has 1 aromatic carbocycles. The van der Waals surface area contributed by atoms with Gasteiger partial charge in [-0.05, 0) is 30.2 Å². The van der Waals surface area contributed by atoms with Crippen molar-refractivity contribution in [3.05, 3.63) is 60.4 Å². The van der Waals surface area contributed by atoms with Gasteiger partial charge < -0.3 is 5.11 Å². The lowest BCUT2D eigenvalue weighted by Crippen LogP contribution is -1.83. The number of allylic oxidation sites excluding steroid dienone is 1. The highest BCUT2D eigenvalue weighted by molar-refractivity contribution is 5.66. The van der Waals surface area contributed by atoms with Crippen molar-refractivity contribution in [3.63, 3.8) is 0 Å². The van der Waals surface area contributed by atoms with Gasteiger partial charge in [0.2, 0.25) is 0 Å². The van der Waals surface area contributed by atoms with E-state index in [0.29, 0.717) is 5.76 Å². The molecule has 0 radical (unpaired) electrons. The minimum Gasteiger partial charge on any atom is -0.508 e. The molecular formula is C14H13NO. The van der Waals surface area contributed by atoms with Crippen LogP contribution >= 0.6 is 0 Å². The third-order valence-electron chi connectivity index (χ3n) is 2.45. The number of benzene rings is 1. The molecule has 2 aromatic rings. The highest BCUT2D eigenvalue weighted by Gasteiger charge is 1.99. The summed E-state index contributed by atoms with van der Waals surface area (Å²) < 4.78 is 0. The molecule has 0 saturated carbocycles. The number of nitrogens with zero attached hydrogens (tertiary/aromatic N) is 1. The Kier molecular flexibility index (Phi) is 3.01. The first-order valence-electron chi connectivity index (χ1n) is 5.17. The summed E-state index contributed by atoms with van der Waals surface area (Å²) in [5.74, 6) is 0.303. The van der Waals surface area contributed by atoms with Crippen molar-refractivity contribution in [2.75, 3.05) is 0 Å². The summed E-state index contributed by atoms with van der Waals surface area (Å²) in [6.07, 6.45) is 5.26. The van der Waals surface area contributed by atoms with E-state index < -0.39 is 0 Å². The molecule has 80 valence electrons. The van der Waals surface area contributed by atoms with Crippen LogP contribution in [0.3, 0.4) is 0 Å². The van der Waals surface area contributed by atoms with Crippen molar-refractivity contribution >= 4 is 5.76 Å². The number of aromatic nitrogens is 1. The molecule has 1 heterocycles. The molecule has 16 heavy (non-hydrogen) atoms. The average molecular weight is 211 g/mol. The van der Waals surface area contributed by atoms with Crippen molar-refractivity contribution in [1.82, 2.24) is 4.98 Å². The third-order valence-corrected chi connectivity index (χ3v) is 2.45. The highest BCUT2D eigenvalue weighted by atomic mass is 16.3. The maximum absolute atomic E-state index is 9.54. The van der Waals surface area contributed by atoms with E-state index in [9.17, 15) is 5.11 Å². The zero-order chi connectivity index (χ0) is 11.4. The molecule has 2 nitrogen and oxygen atoms in total. The Morgan fingerprint density at radius 3 is 2.44 bits per heavy atom. The molecule has 0 fully saturated rings. The lowest BCUT2D eigenvalue weighted by atomic mass is 10.1. The minimum atomic E-state index is 0.303. The second-order valence-electron chi connectivity index (χ2n) is 3.49. The van der Waals surface area contributed by atoms with E-state index in [0.717, 1.165) is 16.7 Å². The predicted octanol–water partition coefficient (Wildman–Crippen LogP) is 3.67. The quantitative estimate of drug-likeness (QED) is 0.769. The van der Waals surface area contributed by atoms with Crippen molar-refractivity contribution < 1.29 is 5.11 Å². The van der Waals surface area contributed by atoms with Crippen LogP contribution in [0, 0.1) is 0 Å². The number of hydrogen-bond donors (Lipinski definition) is 1. The van der Waals surface area contributed by atoms with Gasteiger partial charge in [0.1, 0.15) is 5.76 Å². The van der Waals surface area contributed by atoms with Gasteiger partial charge in [0, 0.05) is 18.0 Å². The fourth-order valence-electron chi connectivity index (χ4n) is 1.53. The van der Waals surface area contributed by atoms with Gasteiger partial charge in [-0.3, -0.25) is 4.98 Å². The average Bonchev–Trinajstić information content (AvgIpc) is 2.39. The van der Waals surface area contributed by atoms with E-state index in [1.54, 1.807) is 12.3 Å². The fourth-order valence-corrected chi connectivity index (χ4v) is 1.53. The van der Waals surface area contributed by atoms with Crippen molar-refractivity contribution in [1.29, 1.82) is 0 Å². The summed E-state index contributed by atoms with van der Waals surface area (Å²) in [7, 11) is 0. The van der Waals surface area contributed by atoms with Gasteiger partial charge in [0.15, 0.2) is 0 Å². The lowest BCUT2D eigenvalue weighted by molar-refractivity contribution is 0.511. The third kappa shape index (κ3) is 2.11. The standard InChI is InChI=1S/C14H13NO/c1-2-14(16)12-7-5-11(6-8-12)13-4-3-9-15-10-13/h2-10,16H,1H3/b14-2-. The first kappa shape index (κ1) is 10.4. The Morgan fingerprint density at radius 1 is 1.12 bits per heavy atom. The lowest BCUT2D eigenvalue weighted by Gasteiger charge is -2.03. The van der Waals surface area contributed by atoms with Gasteiger partial charge >= 0.3 is 0 Å². The molecule has 0 amide bonds. The maximum atomic E-state index is 9.54. The number of aliphatic hydroxyl groups excluding tert-OH is 1. The van der Waals surface area contributed by atoms with Crippen LogP contribution in [-0.4, -0.2) is 10.1 Å². The van der Waals surface area contributed by atoms with Crippen LogP contribution in [0.1, 0.15) is 12.5 Å². The van der Waals surface area contributed by atoms with Crippen LogP contribution in [-0.2, 0) is 0 Å². The molecule has 0 unspecified atom stereocenters. The molecule has 0 spiro atoms. The smallest absolute Gasteiger partial charge is 0.118 e. The summed E-state index contributed by atoms with van der Waals surface area (Å²) in [6.45, 7) is 1.81. The van der Waals surface area contributed by atoms with E-state index in [2.05, 4.69) is 4.98 Å². The van der Waals surface area contributed by atoms with Crippen LogP contribution in [0.15, 0.2) is 54.9 Å². The molecule has 0 aliphatic rings. The first-order chi connectivity index (χ1) is 7.81. The molecule has 1 aromatic heterocycles. The minimum absolute atomic E-state index is 0.303. The number of aliphatic hydroxyl groups is 1. The van der Waals surface area contributed by atoms with Gasteiger partial charge in [-0.15, -0.1) is 0 Å². The van der Waals surface area contributed by atoms with Crippen molar-refractivity contribution in [3.8, 4) is 11.1 Å². The number of rotatable bonds is 2. The van der Waals surface area contributed by atoms with Gasteiger partial charge in [-0.25, -0.2) is 0 Å². The molecule has 0 aliphatic carbocycles. The van der Waals surface area contributed by atoms with E-state index in [1.807, 2.05) is 49.5 Å². The van der Waals surface area contributed by atoms with Gasteiger partial charge in [0.05, 0.1) is 0 Å². The largest absolute Gasteiger partial charge is 0.508 e. The van der Waals surface area contributed by atoms with Crippen LogP contribution in [0.5, 0.6) is 0 Å². The Hall–Kier alpha value is -2.09. The van der Waals surface area contributed by atoms with Crippen molar-refractivity contribution in [2.45, 2.75) is 6.92 Å². The Bertz CT molecular complexity index is 486. The van der Waals surface area contributed by atoms with Crippen LogP contribution in [0.4, 0.5) is 0 Å². The molecule has 1 N–H and O–H groups in total. The van der Waals surface area contributed by atoms with Crippen LogP contribution in [0.2, 0.25) is 0 Å². The first-order valence-corrected chi connectivity index (χ1v) is 5.17. The Morgan fingerprint density at radius 2 is 1.88 bits per heavy atom. The van der Waals surface area contributed by atoms with E-state index >= 15 is 0 Å². The monoisotopic (exact) mass is 211 g/mol. The molecule has 0 bridgehead atoms. The SMILES string of the molecule is C/C=C(\O)c1ccc(-c2cccnc2)cc1. The van der Waals surface area contributed by atoms with Gasteiger partial charge in [-0.2, -0.15) is 0 Å². The molecule has 0 aliphatic heterocycles. The zero-order valence-corrected chi connectivity index (χ0v) is 9.09. The second kappa shape index (κ2) is 4.62. The predicted molar refractivity (Wildman–Crippen MR) is 66.0 cm³/mol. The zero-order valence-electron chi connectivity index (χ0n) is 9.09. The summed E-state index contributed by atoms with van der Waals surface area (Å²) in [5, 5.41) is 9.54. The number of pyridine rings is 1. The maximum Gasteiger partial charge on any atom is 0.118 e. The van der Waals surface area contributed by atoms with E-state index in [1.165, 1.54) is 0 Å². The summed E-state index contributed by atoms with van der Waals surface area (Å²) >= 11 is 0. The summed E-state index contributed by atoms with van der Waals surface area (Å²) in [5.41, 5.74) is 3.00. The summed E-state index contributed by atoms with van der Waals surface area (Å²) in [6, 6.07) is 11.7. The second-order valence-corrected chi connectivity index (χ2v) is 3.49. The molecule has 2 rings (SSSR count). The van der Waals surface area contributed by atoms with E-state index in [4.69, 9.17) is 0 Å². The van der Waals surface area contributed by atoms with Crippen molar-refractivity contribution in [2.24, 2.45) is 0 Å². The van der Waals surface area contributed by atoms with Crippen LogP contribution in [0.25, 0.3) is 16.9 Å². The highest BCUT2D eigenvalue weighted by Crippen LogP contribution is 2.20. The van der Waals surface area contributed by atoms with Crippen LogP contribution < -0.4 is 0 Å². The number of hydrogen-bond acceptors (Lipinski definition) is 2. The normalized spacial score (nSPS) is 11.4. The van der Waals surface area contributed by atoms with E-state index in [-0.39, 0.29) is 0 Å². The summed E-state index contributed by atoms with van der Waals surface area (Å²) in [4.78, 5) is 4.07. The molecule has 0 atom stereocenters. The van der Waals surface area contributed by atoms with Gasteiger partial charge in [-0.1, -0.05) is 30.3 Å². The fraction of sp³-hybridized carbons (Fsp3) is 0.0714. The molecular weight excluding hydrogens is 198 g/mol. The van der Waals surface area contributed by atoms with Gasteiger partial charge in [0.25, 0.3) is 0 Å². The Labute approximate surface area is 94.9 Å². The topological polar surface area (TPSA) is 33.1 Å². The molecule has 2 heteroatoms.